The van der Waals surface area contributed by atoms with Crippen LogP contribution in [0.2, 0.25) is 0 Å². The predicted molar refractivity (Wildman–Crippen MR) is 56.4 cm³/mol. The molecule has 0 aliphatic carbocycles. The summed E-state index contributed by atoms with van der Waals surface area (Å²) in [5, 5.41) is 3.54. The highest BCUT2D eigenvalue weighted by Gasteiger charge is 2.03. The van der Waals surface area contributed by atoms with Crippen LogP contribution in [-0.2, 0) is 0 Å². The molecule has 1 heteroatoms. The molecule has 0 amide bonds. The summed E-state index contributed by atoms with van der Waals surface area (Å²) in [5.41, 5.74) is 0. The summed E-state index contributed by atoms with van der Waals surface area (Å²) < 4.78 is 0. The highest BCUT2D eigenvalue weighted by atomic mass is 14.9. The molecule has 0 heterocycles. The van der Waals surface area contributed by atoms with Gasteiger partial charge in [-0.05, 0) is 38.1 Å². The van der Waals surface area contributed by atoms with Gasteiger partial charge in [-0.1, -0.05) is 27.7 Å². The SMILES string of the molecule is CC(C)CCC(C)NCC(C)C. The molecule has 12 heavy (non-hydrogen) atoms. The van der Waals surface area contributed by atoms with Crippen molar-refractivity contribution in [3.63, 3.8) is 0 Å². The highest BCUT2D eigenvalue weighted by molar-refractivity contribution is 4.62. The van der Waals surface area contributed by atoms with Crippen LogP contribution in [0.25, 0.3) is 0 Å². The Morgan fingerprint density at radius 3 is 1.83 bits per heavy atom. The third-order valence-corrected chi connectivity index (χ3v) is 2.05. The number of nitrogens with one attached hydrogen (secondary N) is 1. The lowest BCUT2D eigenvalue weighted by molar-refractivity contribution is 0.426. The van der Waals surface area contributed by atoms with Crippen LogP contribution in [0.15, 0.2) is 0 Å². The Hall–Kier alpha value is -0.0400. The summed E-state index contributed by atoms with van der Waals surface area (Å²) in [5.74, 6) is 1.61. The van der Waals surface area contributed by atoms with Gasteiger partial charge in [-0.3, -0.25) is 0 Å². The van der Waals surface area contributed by atoms with Gasteiger partial charge in [0, 0.05) is 6.04 Å². The van der Waals surface area contributed by atoms with E-state index >= 15 is 0 Å². The van der Waals surface area contributed by atoms with Gasteiger partial charge in [0.15, 0.2) is 0 Å². The summed E-state index contributed by atoms with van der Waals surface area (Å²) in [6.45, 7) is 12.5. The van der Waals surface area contributed by atoms with E-state index in [1.807, 2.05) is 0 Å². The molecule has 1 unspecified atom stereocenters. The molecule has 0 aromatic rings. The van der Waals surface area contributed by atoms with E-state index in [1.165, 1.54) is 12.8 Å². The Morgan fingerprint density at radius 1 is 0.833 bits per heavy atom. The lowest BCUT2D eigenvalue weighted by Crippen LogP contribution is -2.29. The van der Waals surface area contributed by atoms with Gasteiger partial charge in [0.25, 0.3) is 0 Å². The highest BCUT2D eigenvalue weighted by Crippen LogP contribution is 2.06. The van der Waals surface area contributed by atoms with Crippen molar-refractivity contribution in [1.82, 2.24) is 5.32 Å². The van der Waals surface area contributed by atoms with Crippen molar-refractivity contribution in [3.05, 3.63) is 0 Å². The van der Waals surface area contributed by atoms with Crippen molar-refractivity contribution < 1.29 is 0 Å². The minimum absolute atomic E-state index is 0.690. The zero-order valence-electron chi connectivity index (χ0n) is 9.35. The van der Waals surface area contributed by atoms with Gasteiger partial charge in [0.1, 0.15) is 0 Å². The molecule has 0 aliphatic rings. The van der Waals surface area contributed by atoms with Crippen LogP contribution in [0, 0.1) is 11.8 Å². The smallest absolute Gasteiger partial charge is 0.00389 e. The maximum atomic E-state index is 3.54. The maximum Gasteiger partial charge on any atom is 0.00389 e. The van der Waals surface area contributed by atoms with Gasteiger partial charge in [-0.2, -0.15) is 0 Å². The van der Waals surface area contributed by atoms with E-state index < -0.39 is 0 Å². The number of hydrogen-bond donors (Lipinski definition) is 1. The molecule has 0 radical (unpaired) electrons. The maximum absolute atomic E-state index is 3.54. The third kappa shape index (κ3) is 8.06. The van der Waals surface area contributed by atoms with Crippen LogP contribution >= 0.6 is 0 Å². The van der Waals surface area contributed by atoms with E-state index in [0.29, 0.717) is 6.04 Å². The van der Waals surface area contributed by atoms with Crippen LogP contribution in [0.3, 0.4) is 0 Å². The molecule has 0 saturated heterocycles. The zero-order chi connectivity index (χ0) is 9.56. The fourth-order valence-electron chi connectivity index (χ4n) is 1.12. The van der Waals surface area contributed by atoms with Gasteiger partial charge in [0.05, 0.1) is 0 Å². The van der Waals surface area contributed by atoms with Crippen molar-refractivity contribution in [2.75, 3.05) is 6.54 Å². The summed E-state index contributed by atoms with van der Waals surface area (Å²) in [7, 11) is 0. The molecule has 0 bridgehead atoms. The molecule has 1 atom stereocenters. The molecular weight excluding hydrogens is 146 g/mol. The molecule has 0 spiro atoms. The third-order valence-electron chi connectivity index (χ3n) is 2.05. The largest absolute Gasteiger partial charge is 0.314 e. The fraction of sp³-hybridized carbons (Fsp3) is 1.00. The Labute approximate surface area is 77.9 Å². The molecule has 1 nitrogen and oxygen atoms in total. The lowest BCUT2D eigenvalue weighted by Gasteiger charge is -2.16. The predicted octanol–water partition coefficient (Wildman–Crippen LogP) is 3.06. The second-order valence-corrected chi connectivity index (χ2v) is 4.67. The van der Waals surface area contributed by atoms with Gasteiger partial charge >= 0.3 is 0 Å². The van der Waals surface area contributed by atoms with Crippen LogP contribution < -0.4 is 5.32 Å². The second kappa shape index (κ2) is 6.47. The van der Waals surface area contributed by atoms with Crippen LogP contribution in [-0.4, -0.2) is 12.6 Å². The first-order chi connectivity index (χ1) is 5.52. The van der Waals surface area contributed by atoms with Gasteiger partial charge in [-0.15, -0.1) is 0 Å². The number of rotatable bonds is 6. The Morgan fingerprint density at radius 2 is 1.42 bits per heavy atom. The van der Waals surface area contributed by atoms with Crippen molar-refractivity contribution in [3.8, 4) is 0 Å². The van der Waals surface area contributed by atoms with E-state index in [0.717, 1.165) is 18.4 Å². The van der Waals surface area contributed by atoms with Gasteiger partial charge < -0.3 is 5.32 Å². The first kappa shape index (κ1) is 12.0. The molecule has 0 fully saturated rings. The van der Waals surface area contributed by atoms with Gasteiger partial charge in [0.2, 0.25) is 0 Å². The molecule has 1 N–H and O–H groups in total. The van der Waals surface area contributed by atoms with Crippen molar-refractivity contribution in [2.45, 2.75) is 53.5 Å². The van der Waals surface area contributed by atoms with E-state index in [-0.39, 0.29) is 0 Å². The Bertz CT molecular complexity index is 85.2. The van der Waals surface area contributed by atoms with Crippen LogP contribution in [0.4, 0.5) is 0 Å². The second-order valence-electron chi connectivity index (χ2n) is 4.67. The topological polar surface area (TPSA) is 12.0 Å². The van der Waals surface area contributed by atoms with E-state index in [2.05, 4.69) is 39.9 Å². The number of hydrogen-bond acceptors (Lipinski definition) is 1. The van der Waals surface area contributed by atoms with Crippen molar-refractivity contribution in [2.24, 2.45) is 11.8 Å². The molecule has 0 saturated carbocycles. The minimum Gasteiger partial charge on any atom is -0.314 e. The van der Waals surface area contributed by atoms with Crippen LogP contribution in [0.5, 0.6) is 0 Å². The molecular formula is C11H25N. The minimum atomic E-state index is 0.690. The van der Waals surface area contributed by atoms with E-state index in [9.17, 15) is 0 Å². The monoisotopic (exact) mass is 171 g/mol. The fourth-order valence-corrected chi connectivity index (χ4v) is 1.12. The quantitative estimate of drug-likeness (QED) is 0.647. The Kier molecular flexibility index (Phi) is 6.45. The average molecular weight is 171 g/mol. The summed E-state index contributed by atoms with van der Waals surface area (Å²) >= 11 is 0. The Balaban J connectivity index is 3.27. The van der Waals surface area contributed by atoms with Crippen LogP contribution in [0.1, 0.15) is 47.5 Å². The first-order valence-electron chi connectivity index (χ1n) is 5.25. The molecule has 0 rings (SSSR count). The summed E-state index contributed by atoms with van der Waals surface area (Å²) in [6.07, 6.45) is 2.65. The van der Waals surface area contributed by atoms with Crippen molar-refractivity contribution >= 4 is 0 Å². The van der Waals surface area contributed by atoms with Gasteiger partial charge in [-0.25, -0.2) is 0 Å². The summed E-state index contributed by atoms with van der Waals surface area (Å²) in [6, 6.07) is 0.690. The molecule has 74 valence electrons. The standard InChI is InChI=1S/C11H25N/c1-9(2)6-7-11(5)12-8-10(3)4/h9-12H,6-8H2,1-5H3. The average Bonchev–Trinajstić information content (AvgIpc) is 1.96. The lowest BCUT2D eigenvalue weighted by atomic mass is 10.0. The molecule has 0 aromatic heterocycles. The van der Waals surface area contributed by atoms with E-state index in [4.69, 9.17) is 0 Å². The normalized spacial score (nSPS) is 14.2. The molecule has 0 aliphatic heterocycles. The van der Waals surface area contributed by atoms with E-state index in [1.54, 1.807) is 0 Å². The zero-order valence-corrected chi connectivity index (χ0v) is 9.35. The summed E-state index contributed by atoms with van der Waals surface area (Å²) in [4.78, 5) is 0. The first-order valence-corrected chi connectivity index (χ1v) is 5.25. The van der Waals surface area contributed by atoms with Crippen molar-refractivity contribution in [1.29, 1.82) is 0 Å². The molecule has 0 aromatic carbocycles.